The number of likely N-dealkylation sites (tertiary alicyclic amines) is 1. The number of nitrogens with zero attached hydrogens (tertiary/aromatic N) is 2. The van der Waals surface area contributed by atoms with Gasteiger partial charge < -0.3 is 14.6 Å². The molecule has 1 aromatic heterocycles. The first kappa shape index (κ1) is 12.5. The van der Waals surface area contributed by atoms with Crippen LogP contribution >= 0.6 is 0 Å². The lowest BCUT2D eigenvalue weighted by atomic mass is 10.1. The molecule has 96 valence electrons. The average Bonchev–Trinajstić information content (AvgIpc) is 2.91. The van der Waals surface area contributed by atoms with E-state index in [2.05, 4.69) is 15.4 Å². The molecule has 0 spiro atoms. The lowest BCUT2D eigenvalue weighted by Gasteiger charge is -2.13. The van der Waals surface area contributed by atoms with Gasteiger partial charge in [-0.15, -0.1) is 0 Å². The lowest BCUT2D eigenvalue weighted by Crippen LogP contribution is -2.24. The van der Waals surface area contributed by atoms with Gasteiger partial charge >= 0.3 is 0 Å². The van der Waals surface area contributed by atoms with Crippen molar-refractivity contribution in [2.24, 2.45) is 5.92 Å². The molecule has 0 aromatic carbocycles. The Labute approximate surface area is 102 Å². The maximum Gasteiger partial charge on any atom is 0.162 e. The number of hydrogen-bond acceptors (Lipinski definition) is 5. The number of hydrogen-bond donors (Lipinski definition) is 1. The fourth-order valence-electron chi connectivity index (χ4n) is 2.38. The van der Waals surface area contributed by atoms with E-state index in [9.17, 15) is 0 Å². The Balaban J connectivity index is 1.80. The third kappa shape index (κ3) is 3.52. The normalized spacial score (nSPS) is 21.2. The number of aromatic nitrogens is 1. The maximum atomic E-state index is 5.18. The second-order valence-corrected chi connectivity index (χ2v) is 4.67. The van der Waals surface area contributed by atoms with E-state index < -0.39 is 0 Å². The van der Waals surface area contributed by atoms with Crippen LogP contribution in [0.4, 0.5) is 0 Å². The first-order valence-corrected chi connectivity index (χ1v) is 6.12. The highest BCUT2D eigenvalue weighted by Gasteiger charge is 2.22. The van der Waals surface area contributed by atoms with Gasteiger partial charge in [-0.25, -0.2) is 0 Å². The predicted octanol–water partition coefficient (Wildman–Crippen LogP) is 0.862. The van der Waals surface area contributed by atoms with Gasteiger partial charge in [0.1, 0.15) is 6.61 Å². The van der Waals surface area contributed by atoms with Gasteiger partial charge in [-0.3, -0.25) is 4.90 Å². The summed E-state index contributed by atoms with van der Waals surface area (Å²) in [5, 5.41) is 7.29. The Morgan fingerprint density at radius 2 is 2.53 bits per heavy atom. The van der Waals surface area contributed by atoms with Gasteiger partial charge in [0, 0.05) is 26.3 Å². The minimum absolute atomic E-state index is 0.495. The highest BCUT2D eigenvalue weighted by Crippen LogP contribution is 2.18. The van der Waals surface area contributed by atoms with Crippen molar-refractivity contribution in [1.82, 2.24) is 15.4 Å². The molecular formula is C12H21N3O2. The van der Waals surface area contributed by atoms with Crippen molar-refractivity contribution >= 4 is 0 Å². The summed E-state index contributed by atoms with van der Waals surface area (Å²) in [5.74, 6) is 1.57. The predicted molar refractivity (Wildman–Crippen MR) is 64.5 cm³/mol. The van der Waals surface area contributed by atoms with Crippen LogP contribution in [0.5, 0.6) is 0 Å². The third-order valence-corrected chi connectivity index (χ3v) is 3.14. The van der Waals surface area contributed by atoms with Crippen molar-refractivity contribution in [2.45, 2.75) is 19.6 Å². The van der Waals surface area contributed by atoms with Gasteiger partial charge in [0.2, 0.25) is 0 Å². The lowest BCUT2D eigenvalue weighted by molar-refractivity contribution is 0.155. The molecular weight excluding hydrogens is 218 g/mol. The van der Waals surface area contributed by atoms with E-state index in [0.717, 1.165) is 43.6 Å². The van der Waals surface area contributed by atoms with E-state index >= 15 is 0 Å². The number of rotatable bonds is 6. The molecule has 1 saturated heterocycles. The summed E-state index contributed by atoms with van der Waals surface area (Å²) in [6.45, 7) is 4.78. The van der Waals surface area contributed by atoms with Crippen LogP contribution in [0.2, 0.25) is 0 Å². The largest absolute Gasteiger partial charge is 0.377 e. The summed E-state index contributed by atoms with van der Waals surface area (Å²) in [6.07, 6.45) is 1.27. The zero-order chi connectivity index (χ0) is 12.1. The summed E-state index contributed by atoms with van der Waals surface area (Å²) >= 11 is 0. The molecule has 2 rings (SSSR count). The van der Waals surface area contributed by atoms with E-state index in [1.54, 1.807) is 7.11 Å². The molecule has 2 heterocycles. The van der Waals surface area contributed by atoms with Crippen LogP contribution in [0.15, 0.2) is 10.6 Å². The second kappa shape index (κ2) is 6.14. The van der Waals surface area contributed by atoms with Crippen molar-refractivity contribution < 1.29 is 9.26 Å². The molecule has 0 bridgehead atoms. The maximum absolute atomic E-state index is 5.18. The molecule has 5 nitrogen and oxygen atoms in total. The smallest absolute Gasteiger partial charge is 0.162 e. The van der Waals surface area contributed by atoms with Crippen LogP contribution < -0.4 is 5.32 Å². The summed E-state index contributed by atoms with van der Waals surface area (Å²) < 4.78 is 10.2. The monoisotopic (exact) mass is 239 g/mol. The van der Waals surface area contributed by atoms with Gasteiger partial charge in [-0.1, -0.05) is 5.16 Å². The molecule has 1 aromatic rings. The summed E-state index contributed by atoms with van der Waals surface area (Å²) in [7, 11) is 3.67. The minimum Gasteiger partial charge on any atom is -0.377 e. The summed E-state index contributed by atoms with van der Waals surface area (Å²) in [6, 6.07) is 1.98. The van der Waals surface area contributed by atoms with Crippen molar-refractivity contribution in [3.05, 3.63) is 17.5 Å². The molecule has 1 fully saturated rings. The zero-order valence-corrected chi connectivity index (χ0v) is 10.6. The Bertz CT molecular complexity index is 340. The third-order valence-electron chi connectivity index (χ3n) is 3.14. The summed E-state index contributed by atoms with van der Waals surface area (Å²) in [4.78, 5) is 2.43. The van der Waals surface area contributed by atoms with Gasteiger partial charge in [0.05, 0.1) is 5.69 Å². The van der Waals surface area contributed by atoms with E-state index in [0.29, 0.717) is 6.61 Å². The molecule has 5 heteroatoms. The SMILES string of the molecule is CNCC1CCN(Cc2cc(COC)on2)C1. The molecule has 17 heavy (non-hydrogen) atoms. The van der Waals surface area contributed by atoms with Crippen LogP contribution in [0.3, 0.4) is 0 Å². The molecule has 0 amide bonds. The fraction of sp³-hybridized carbons (Fsp3) is 0.750. The first-order valence-electron chi connectivity index (χ1n) is 6.12. The number of ether oxygens (including phenoxy) is 1. The Hall–Kier alpha value is -0.910. The van der Waals surface area contributed by atoms with Crippen LogP contribution in [-0.2, 0) is 17.9 Å². The van der Waals surface area contributed by atoms with Crippen molar-refractivity contribution in [3.63, 3.8) is 0 Å². The molecule has 1 atom stereocenters. The molecule has 1 N–H and O–H groups in total. The second-order valence-electron chi connectivity index (χ2n) is 4.67. The van der Waals surface area contributed by atoms with E-state index in [4.69, 9.17) is 9.26 Å². The number of methoxy groups -OCH3 is 1. The van der Waals surface area contributed by atoms with Gasteiger partial charge in [0.25, 0.3) is 0 Å². The standard InChI is InChI=1S/C12H21N3O2/c1-13-6-10-3-4-15(7-10)8-11-5-12(9-16-2)17-14-11/h5,10,13H,3-4,6-9H2,1-2H3. The first-order chi connectivity index (χ1) is 8.31. The van der Waals surface area contributed by atoms with E-state index in [1.165, 1.54) is 6.42 Å². The van der Waals surface area contributed by atoms with E-state index in [1.807, 2.05) is 13.1 Å². The fourth-order valence-corrected chi connectivity index (χ4v) is 2.38. The molecule has 1 aliphatic rings. The zero-order valence-electron chi connectivity index (χ0n) is 10.6. The number of nitrogens with one attached hydrogen (secondary N) is 1. The van der Waals surface area contributed by atoms with Crippen LogP contribution in [-0.4, -0.2) is 43.8 Å². The molecule has 0 saturated carbocycles. The van der Waals surface area contributed by atoms with E-state index in [-0.39, 0.29) is 0 Å². The van der Waals surface area contributed by atoms with Crippen LogP contribution in [0, 0.1) is 5.92 Å². The Kier molecular flexibility index (Phi) is 4.53. The average molecular weight is 239 g/mol. The van der Waals surface area contributed by atoms with Gasteiger partial charge in [0.15, 0.2) is 5.76 Å². The van der Waals surface area contributed by atoms with Crippen LogP contribution in [0.1, 0.15) is 17.9 Å². The van der Waals surface area contributed by atoms with Gasteiger partial charge in [-0.2, -0.15) is 0 Å². The molecule has 0 aliphatic carbocycles. The molecule has 0 radical (unpaired) electrons. The summed E-state index contributed by atoms with van der Waals surface area (Å²) in [5.41, 5.74) is 1.00. The topological polar surface area (TPSA) is 50.5 Å². The molecule has 1 unspecified atom stereocenters. The molecule has 1 aliphatic heterocycles. The van der Waals surface area contributed by atoms with Crippen LogP contribution in [0.25, 0.3) is 0 Å². The Morgan fingerprint density at radius 1 is 1.65 bits per heavy atom. The van der Waals surface area contributed by atoms with Crippen molar-refractivity contribution in [3.8, 4) is 0 Å². The highest BCUT2D eigenvalue weighted by molar-refractivity contribution is 5.04. The van der Waals surface area contributed by atoms with Gasteiger partial charge in [-0.05, 0) is 32.5 Å². The Morgan fingerprint density at radius 3 is 3.29 bits per heavy atom. The highest BCUT2D eigenvalue weighted by atomic mass is 16.5. The van der Waals surface area contributed by atoms with Crippen molar-refractivity contribution in [2.75, 3.05) is 33.8 Å². The quantitative estimate of drug-likeness (QED) is 0.798. The van der Waals surface area contributed by atoms with Crippen molar-refractivity contribution in [1.29, 1.82) is 0 Å². The minimum atomic E-state index is 0.495.